The average molecular weight is 442 g/mol. The Bertz CT molecular complexity index is 1040. The second-order valence-corrected chi connectivity index (χ2v) is 8.42. The molecule has 3 aromatic rings. The van der Waals surface area contributed by atoms with Crippen LogP contribution in [0.3, 0.4) is 0 Å². The summed E-state index contributed by atoms with van der Waals surface area (Å²) in [6, 6.07) is 11.1. The fourth-order valence-electron chi connectivity index (χ4n) is 3.49. The van der Waals surface area contributed by atoms with Gasteiger partial charge in [-0.05, 0) is 31.2 Å². The number of thiazole rings is 1. The molecule has 0 aliphatic carbocycles. The molecule has 0 N–H and O–H groups in total. The molecule has 1 aromatic carbocycles. The predicted octanol–water partition coefficient (Wildman–Crippen LogP) is 2.74. The van der Waals surface area contributed by atoms with Crippen molar-refractivity contribution in [3.05, 3.63) is 53.4 Å². The maximum atomic E-state index is 12.6. The molecule has 0 saturated carbocycles. The topological polar surface area (TPSA) is 93.0 Å². The van der Waals surface area contributed by atoms with Crippen molar-refractivity contribution in [3.8, 4) is 0 Å². The second kappa shape index (κ2) is 9.30. The van der Waals surface area contributed by atoms with E-state index in [9.17, 15) is 14.4 Å². The van der Waals surface area contributed by atoms with E-state index < -0.39 is 12.1 Å². The van der Waals surface area contributed by atoms with Crippen LogP contribution >= 0.6 is 11.3 Å². The smallest absolute Gasteiger partial charge is 0.306 e. The van der Waals surface area contributed by atoms with Crippen LogP contribution in [-0.4, -0.2) is 64.9 Å². The monoisotopic (exact) mass is 441 g/mol. The summed E-state index contributed by atoms with van der Waals surface area (Å²) < 4.78 is 11.6. The lowest BCUT2D eigenvalue weighted by atomic mass is 10.2. The molecular formula is C22H23N3O5S. The van der Waals surface area contributed by atoms with Crippen LogP contribution in [0.4, 0.5) is 0 Å². The number of benzene rings is 1. The number of ether oxygens (including phenoxy) is 1. The minimum absolute atomic E-state index is 0.170. The summed E-state index contributed by atoms with van der Waals surface area (Å²) in [7, 11) is 0. The van der Waals surface area contributed by atoms with Crippen LogP contribution in [0.2, 0.25) is 0 Å². The highest BCUT2D eigenvalue weighted by atomic mass is 32.1. The van der Waals surface area contributed by atoms with Gasteiger partial charge in [-0.3, -0.25) is 14.4 Å². The molecule has 0 unspecified atom stereocenters. The maximum Gasteiger partial charge on any atom is 0.306 e. The van der Waals surface area contributed by atoms with Crippen LogP contribution in [0.25, 0.3) is 10.2 Å². The van der Waals surface area contributed by atoms with E-state index in [1.54, 1.807) is 40.2 Å². The van der Waals surface area contributed by atoms with Crippen LogP contribution in [0.15, 0.2) is 47.1 Å². The molecule has 2 aromatic heterocycles. The number of rotatable bonds is 6. The zero-order valence-electron chi connectivity index (χ0n) is 17.2. The van der Waals surface area contributed by atoms with Gasteiger partial charge in [-0.15, -0.1) is 11.3 Å². The molecule has 0 bridgehead atoms. The Labute approximate surface area is 183 Å². The van der Waals surface area contributed by atoms with Crippen LogP contribution < -0.4 is 0 Å². The van der Waals surface area contributed by atoms with E-state index in [1.165, 1.54) is 6.26 Å². The standard InChI is InChI=1S/C22H23N3O5S/c1-15(30-20(26)9-8-19-23-16-5-2-3-7-18(16)31-19)21(27)24-10-12-25(13-11-24)22(28)17-6-4-14-29-17/h2-7,14-15H,8-13H2,1H3/t15-/m0/s1. The average Bonchev–Trinajstić information content (AvgIpc) is 3.46. The molecular weight excluding hydrogens is 418 g/mol. The first-order valence-corrected chi connectivity index (χ1v) is 11.0. The second-order valence-electron chi connectivity index (χ2n) is 7.30. The van der Waals surface area contributed by atoms with Crippen molar-refractivity contribution < 1.29 is 23.5 Å². The minimum atomic E-state index is -0.866. The maximum absolute atomic E-state index is 12.6. The largest absolute Gasteiger partial charge is 0.459 e. The van der Waals surface area contributed by atoms with Gasteiger partial charge in [0.05, 0.1) is 27.9 Å². The van der Waals surface area contributed by atoms with E-state index in [-0.39, 0.29) is 24.0 Å². The first kappa shape index (κ1) is 21.0. The van der Waals surface area contributed by atoms with Crippen LogP contribution in [-0.2, 0) is 20.7 Å². The zero-order chi connectivity index (χ0) is 21.8. The lowest BCUT2D eigenvalue weighted by molar-refractivity contribution is -0.159. The number of fused-ring (bicyclic) bond motifs is 1. The number of furan rings is 1. The minimum Gasteiger partial charge on any atom is -0.459 e. The first-order valence-electron chi connectivity index (χ1n) is 10.2. The molecule has 31 heavy (non-hydrogen) atoms. The van der Waals surface area contributed by atoms with Crippen molar-refractivity contribution in [3.63, 3.8) is 0 Å². The summed E-state index contributed by atoms with van der Waals surface area (Å²) in [5.74, 6) is -0.577. The van der Waals surface area contributed by atoms with Crippen molar-refractivity contribution in [2.24, 2.45) is 0 Å². The molecule has 9 heteroatoms. The Balaban J connectivity index is 1.22. The zero-order valence-corrected chi connectivity index (χ0v) is 18.0. The molecule has 1 aliphatic heterocycles. The van der Waals surface area contributed by atoms with Crippen molar-refractivity contribution in [2.75, 3.05) is 26.2 Å². The lowest BCUT2D eigenvalue weighted by Crippen LogP contribution is -2.53. The Kier molecular flexibility index (Phi) is 6.31. The highest BCUT2D eigenvalue weighted by Gasteiger charge is 2.29. The van der Waals surface area contributed by atoms with Gasteiger partial charge >= 0.3 is 5.97 Å². The third-order valence-electron chi connectivity index (χ3n) is 5.15. The van der Waals surface area contributed by atoms with Gasteiger partial charge in [0.2, 0.25) is 0 Å². The molecule has 1 aliphatic rings. The fraction of sp³-hybridized carbons (Fsp3) is 0.364. The van der Waals surface area contributed by atoms with Gasteiger partial charge in [0.25, 0.3) is 11.8 Å². The molecule has 1 fully saturated rings. The molecule has 0 spiro atoms. The number of nitrogens with zero attached hydrogens (tertiary/aromatic N) is 3. The van der Waals surface area contributed by atoms with E-state index >= 15 is 0 Å². The highest BCUT2D eigenvalue weighted by Crippen LogP contribution is 2.22. The summed E-state index contributed by atoms with van der Waals surface area (Å²) in [6.45, 7) is 3.17. The summed E-state index contributed by atoms with van der Waals surface area (Å²) in [6.07, 6.45) is 1.24. The van der Waals surface area contributed by atoms with Crippen LogP contribution in [0.5, 0.6) is 0 Å². The van der Waals surface area contributed by atoms with Gasteiger partial charge in [-0.2, -0.15) is 0 Å². The fourth-order valence-corrected chi connectivity index (χ4v) is 4.45. The predicted molar refractivity (Wildman–Crippen MR) is 115 cm³/mol. The number of aryl methyl sites for hydroxylation is 1. The number of amides is 2. The summed E-state index contributed by atoms with van der Waals surface area (Å²) in [5, 5.41) is 0.870. The normalized spacial score (nSPS) is 15.1. The van der Waals surface area contributed by atoms with Gasteiger partial charge in [0, 0.05) is 32.6 Å². The SMILES string of the molecule is C[C@H](OC(=O)CCc1nc2ccccc2s1)C(=O)N1CCN(C(=O)c2ccco2)CC1. The molecule has 8 nitrogen and oxygen atoms in total. The lowest BCUT2D eigenvalue weighted by Gasteiger charge is -2.35. The number of carbonyl (C=O) groups is 3. The number of aromatic nitrogens is 1. The molecule has 0 radical (unpaired) electrons. The Hall–Kier alpha value is -3.20. The molecule has 2 amide bonds. The van der Waals surface area contributed by atoms with Crippen molar-refractivity contribution in [2.45, 2.75) is 25.9 Å². The molecule has 1 atom stereocenters. The highest BCUT2D eigenvalue weighted by molar-refractivity contribution is 7.18. The Morgan fingerprint density at radius 1 is 1.10 bits per heavy atom. The molecule has 162 valence electrons. The Morgan fingerprint density at radius 3 is 2.55 bits per heavy atom. The third kappa shape index (κ3) is 4.93. The summed E-state index contributed by atoms with van der Waals surface area (Å²) in [4.78, 5) is 45.0. The van der Waals surface area contributed by atoms with Gasteiger partial charge in [-0.1, -0.05) is 12.1 Å². The summed E-state index contributed by atoms with van der Waals surface area (Å²) in [5.41, 5.74) is 0.920. The third-order valence-corrected chi connectivity index (χ3v) is 6.24. The molecule has 3 heterocycles. The first-order chi connectivity index (χ1) is 15.0. The van der Waals surface area contributed by atoms with Gasteiger partial charge in [0.15, 0.2) is 11.9 Å². The number of esters is 1. The van der Waals surface area contributed by atoms with Crippen LogP contribution in [0, 0.1) is 0 Å². The van der Waals surface area contributed by atoms with Crippen molar-refractivity contribution in [1.29, 1.82) is 0 Å². The number of hydrogen-bond donors (Lipinski definition) is 0. The number of piperazine rings is 1. The van der Waals surface area contributed by atoms with Gasteiger partial charge in [-0.25, -0.2) is 4.98 Å². The van der Waals surface area contributed by atoms with Crippen molar-refractivity contribution in [1.82, 2.24) is 14.8 Å². The number of hydrogen-bond acceptors (Lipinski definition) is 7. The van der Waals surface area contributed by atoms with Gasteiger partial charge < -0.3 is 19.0 Å². The van der Waals surface area contributed by atoms with E-state index in [1.807, 2.05) is 24.3 Å². The number of carbonyl (C=O) groups excluding carboxylic acids is 3. The van der Waals surface area contributed by atoms with E-state index in [0.29, 0.717) is 32.6 Å². The van der Waals surface area contributed by atoms with Crippen LogP contribution in [0.1, 0.15) is 28.9 Å². The summed E-state index contributed by atoms with van der Waals surface area (Å²) >= 11 is 1.56. The van der Waals surface area contributed by atoms with Crippen molar-refractivity contribution >= 4 is 39.3 Å². The van der Waals surface area contributed by atoms with Gasteiger partial charge in [0.1, 0.15) is 0 Å². The number of para-hydroxylation sites is 1. The van der Waals surface area contributed by atoms with E-state index in [2.05, 4.69) is 4.98 Å². The Morgan fingerprint density at radius 2 is 1.84 bits per heavy atom. The quantitative estimate of drug-likeness (QED) is 0.546. The van der Waals surface area contributed by atoms with E-state index in [0.717, 1.165) is 15.2 Å². The molecule has 1 saturated heterocycles. The van der Waals surface area contributed by atoms with E-state index in [4.69, 9.17) is 9.15 Å². The molecule has 4 rings (SSSR count).